The van der Waals surface area contributed by atoms with Gasteiger partial charge >= 0.3 is 0 Å². The number of aromatic nitrogens is 2. The van der Waals surface area contributed by atoms with E-state index in [0.29, 0.717) is 11.3 Å². The first-order chi connectivity index (χ1) is 12.9. The lowest BCUT2D eigenvalue weighted by Crippen LogP contribution is -2.40. The normalized spacial score (nSPS) is 19.4. The highest BCUT2D eigenvalue weighted by Gasteiger charge is 2.41. The third kappa shape index (κ3) is 3.42. The van der Waals surface area contributed by atoms with Crippen molar-refractivity contribution in [3.05, 3.63) is 35.4 Å². The smallest absolute Gasteiger partial charge is 0.228 e. The first-order valence-corrected chi connectivity index (χ1v) is 10.3. The van der Waals surface area contributed by atoms with Gasteiger partial charge in [-0.3, -0.25) is 9.48 Å². The molecule has 0 saturated heterocycles. The molecule has 0 aliphatic heterocycles. The molecule has 4 heteroatoms. The van der Waals surface area contributed by atoms with E-state index in [4.69, 9.17) is 5.10 Å². The van der Waals surface area contributed by atoms with Crippen LogP contribution in [0.15, 0.2) is 24.3 Å². The largest absolute Gasteiger partial charge is 0.310 e. The van der Waals surface area contributed by atoms with Crippen LogP contribution in [0.2, 0.25) is 0 Å². The van der Waals surface area contributed by atoms with Crippen LogP contribution in [0.3, 0.4) is 0 Å². The summed E-state index contributed by atoms with van der Waals surface area (Å²) in [5.41, 5.74) is 5.06. The standard InChI is InChI=1S/C23H31N3O/c1-5-15-9-11-17(12-10-15)20-19(16-7-6-8-16)21(26(4)25-20)24-22(27)18-13-23(2,3)14-18/h9-12,16,18H,5-8,13-14H2,1-4H3,(H,24,27). The summed E-state index contributed by atoms with van der Waals surface area (Å²) in [6, 6.07) is 8.71. The summed E-state index contributed by atoms with van der Waals surface area (Å²) in [6.07, 6.45) is 6.62. The predicted octanol–water partition coefficient (Wildman–Crippen LogP) is 5.29. The van der Waals surface area contributed by atoms with Gasteiger partial charge in [0, 0.05) is 24.1 Å². The summed E-state index contributed by atoms with van der Waals surface area (Å²) in [5, 5.41) is 8.07. The van der Waals surface area contributed by atoms with Crippen molar-refractivity contribution in [3.63, 3.8) is 0 Å². The molecule has 27 heavy (non-hydrogen) atoms. The molecule has 1 heterocycles. The Hall–Kier alpha value is -2.10. The van der Waals surface area contributed by atoms with Gasteiger partial charge in [-0.2, -0.15) is 5.10 Å². The number of rotatable bonds is 5. The minimum absolute atomic E-state index is 0.136. The van der Waals surface area contributed by atoms with E-state index in [0.717, 1.165) is 36.3 Å². The van der Waals surface area contributed by atoms with E-state index in [1.165, 1.54) is 30.4 Å². The van der Waals surface area contributed by atoms with Gasteiger partial charge < -0.3 is 5.32 Å². The van der Waals surface area contributed by atoms with Gasteiger partial charge in [0.2, 0.25) is 5.91 Å². The molecule has 4 rings (SSSR count). The van der Waals surface area contributed by atoms with E-state index < -0.39 is 0 Å². The predicted molar refractivity (Wildman–Crippen MR) is 110 cm³/mol. The van der Waals surface area contributed by atoms with E-state index in [2.05, 4.69) is 50.4 Å². The molecule has 2 saturated carbocycles. The maximum absolute atomic E-state index is 12.8. The highest BCUT2D eigenvalue weighted by atomic mass is 16.2. The lowest BCUT2D eigenvalue weighted by Gasteiger charge is -2.41. The second-order valence-electron chi connectivity index (χ2n) is 9.17. The Morgan fingerprint density at radius 2 is 1.89 bits per heavy atom. The van der Waals surface area contributed by atoms with Crippen LogP contribution < -0.4 is 5.32 Å². The SMILES string of the molecule is CCc1ccc(-c2nn(C)c(NC(=O)C3CC(C)(C)C3)c2C2CCC2)cc1. The number of nitrogens with one attached hydrogen (secondary N) is 1. The molecule has 2 aromatic rings. The van der Waals surface area contributed by atoms with Crippen LogP contribution >= 0.6 is 0 Å². The average molecular weight is 366 g/mol. The van der Waals surface area contributed by atoms with Gasteiger partial charge in [0.1, 0.15) is 5.82 Å². The zero-order valence-electron chi connectivity index (χ0n) is 17.0. The maximum atomic E-state index is 12.8. The summed E-state index contributed by atoms with van der Waals surface area (Å²) in [4.78, 5) is 12.8. The molecule has 0 spiro atoms. The van der Waals surface area contributed by atoms with Gasteiger partial charge in [0.15, 0.2) is 0 Å². The summed E-state index contributed by atoms with van der Waals surface area (Å²) >= 11 is 0. The van der Waals surface area contributed by atoms with Gasteiger partial charge in [0.25, 0.3) is 0 Å². The fourth-order valence-electron chi connectivity index (χ4n) is 4.56. The van der Waals surface area contributed by atoms with Crippen LogP contribution in [-0.4, -0.2) is 15.7 Å². The van der Waals surface area contributed by atoms with Crippen LogP contribution in [0.5, 0.6) is 0 Å². The molecule has 0 atom stereocenters. The second kappa shape index (κ2) is 6.81. The van der Waals surface area contributed by atoms with Crippen molar-refractivity contribution in [2.75, 3.05) is 5.32 Å². The van der Waals surface area contributed by atoms with E-state index in [-0.39, 0.29) is 11.8 Å². The number of carbonyl (C=O) groups is 1. The van der Waals surface area contributed by atoms with Crippen LogP contribution in [0, 0.1) is 11.3 Å². The summed E-state index contributed by atoms with van der Waals surface area (Å²) in [5.74, 6) is 1.71. The Bertz CT molecular complexity index is 835. The van der Waals surface area contributed by atoms with Crippen molar-refractivity contribution >= 4 is 11.7 Å². The van der Waals surface area contributed by atoms with E-state index >= 15 is 0 Å². The minimum Gasteiger partial charge on any atom is -0.310 e. The Morgan fingerprint density at radius 3 is 2.41 bits per heavy atom. The number of carbonyl (C=O) groups excluding carboxylic acids is 1. The number of hydrogen-bond donors (Lipinski definition) is 1. The van der Waals surface area contributed by atoms with Crippen LogP contribution in [-0.2, 0) is 18.3 Å². The number of nitrogens with zero attached hydrogens (tertiary/aromatic N) is 2. The van der Waals surface area contributed by atoms with Crippen molar-refractivity contribution in [2.24, 2.45) is 18.4 Å². The molecule has 1 amide bonds. The minimum atomic E-state index is 0.136. The van der Waals surface area contributed by atoms with Gasteiger partial charge in [-0.15, -0.1) is 0 Å². The molecule has 2 aliphatic carbocycles. The lowest BCUT2D eigenvalue weighted by atomic mass is 9.64. The van der Waals surface area contributed by atoms with E-state index in [1.54, 1.807) is 0 Å². The van der Waals surface area contributed by atoms with Gasteiger partial charge in [-0.05, 0) is 49.0 Å². The average Bonchev–Trinajstić information content (AvgIpc) is 2.88. The zero-order valence-corrected chi connectivity index (χ0v) is 17.0. The highest BCUT2D eigenvalue weighted by Crippen LogP contribution is 2.47. The second-order valence-corrected chi connectivity index (χ2v) is 9.17. The maximum Gasteiger partial charge on any atom is 0.228 e. The van der Waals surface area contributed by atoms with Crippen molar-refractivity contribution in [1.82, 2.24) is 9.78 Å². The quantitative estimate of drug-likeness (QED) is 0.782. The third-order valence-corrected chi connectivity index (χ3v) is 6.44. The Morgan fingerprint density at radius 1 is 1.22 bits per heavy atom. The van der Waals surface area contributed by atoms with E-state index in [9.17, 15) is 4.79 Å². The van der Waals surface area contributed by atoms with Crippen molar-refractivity contribution in [3.8, 4) is 11.3 Å². The third-order valence-electron chi connectivity index (χ3n) is 6.44. The molecule has 0 unspecified atom stereocenters. The molecule has 2 fully saturated rings. The molecule has 1 N–H and O–H groups in total. The summed E-state index contributed by atoms with van der Waals surface area (Å²) in [7, 11) is 1.95. The number of benzene rings is 1. The molecular formula is C23H31N3O. The topological polar surface area (TPSA) is 46.9 Å². The number of anilines is 1. The Kier molecular flexibility index (Phi) is 4.61. The summed E-state index contributed by atoms with van der Waals surface area (Å²) in [6.45, 7) is 6.64. The molecule has 1 aromatic heterocycles. The van der Waals surface area contributed by atoms with Gasteiger partial charge in [-0.25, -0.2) is 0 Å². The van der Waals surface area contributed by atoms with Crippen LogP contribution in [0.4, 0.5) is 5.82 Å². The lowest BCUT2D eigenvalue weighted by molar-refractivity contribution is -0.126. The van der Waals surface area contributed by atoms with Crippen LogP contribution in [0.1, 0.15) is 69.9 Å². The van der Waals surface area contributed by atoms with E-state index in [1.807, 2.05) is 11.7 Å². The molecule has 144 valence electrons. The van der Waals surface area contributed by atoms with Crippen LogP contribution in [0.25, 0.3) is 11.3 Å². The molecule has 1 aromatic carbocycles. The number of aryl methyl sites for hydroxylation is 2. The summed E-state index contributed by atoms with van der Waals surface area (Å²) < 4.78 is 1.87. The Balaban J connectivity index is 1.65. The monoisotopic (exact) mass is 365 g/mol. The number of hydrogen-bond acceptors (Lipinski definition) is 2. The fraction of sp³-hybridized carbons (Fsp3) is 0.565. The first kappa shape index (κ1) is 18.3. The van der Waals surface area contributed by atoms with Crippen molar-refractivity contribution < 1.29 is 4.79 Å². The highest BCUT2D eigenvalue weighted by molar-refractivity contribution is 5.94. The fourth-order valence-corrected chi connectivity index (χ4v) is 4.56. The Labute approximate surface area is 162 Å². The molecule has 0 bridgehead atoms. The molecule has 2 aliphatic rings. The van der Waals surface area contributed by atoms with Crippen molar-refractivity contribution in [2.45, 2.75) is 65.2 Å². The molecule has 0 radical (unpaired) electrons. The zero-order chi connectivity index (χ0) is 19.2. The van der Waals surface area contributed by atoms with Crippen molar-refractivity contribution in [1.29, 1.82) is 0 Å². The van der Waals surface area contributed by atoms with Gasteiger partial charge in [-0.1, -0.05) is 51.5 Å². The molecule has 4 nitrogen and oxygen atoms in total. The first-order valence-electron chi connectivity index (χ1n) is 10.3. The van der Waals surface area contributed by atoms with Gasteiger partial charge in [0.05, 0.1) is 5.69 Å². The molecular weight excluding hydrogens is 334 g/mol. The number of amides is 1.